The minimum absolute atomic E-state index is 0.0532. The fourth-order valence-electron chi connectivity index (χ4n) is 2.15. The molecule has 2 unspecified atom stereocenters. The van der Waals surface area contributed by atoms with Gasteiger partial charge in [0.05, 0.1) is 12.6 Å². The maximum absolute atomic E-state index is 12.1. The summed E-state index contributed by atoms with van der Waals surface area (Å²) in [6, 6.07) is 2.87. The van der Waals surface area contributed by atoms with Crippen LogP contribution in [-0.4, -0.2) is 34.2 Å². The van der Waals surface area contributed by atoms with E-state index in [9.17, 15) is 8.42 Å². The number of sulfonamides is 1. The van der Waals surface area contributed by atoms with Crippen LogP contribution in [-0.2, 0) is 21.3 Å². The van der Waals surface area contributed by atoms with Crippen molar-refractivity contribution in [2.75, 3.05) is 13.7 Å². The summed E-state index contributed by atoms with van der Waals surface area (Å²) in [6.45, 7) is 3.01. The van der Waals surface area contributed by atoms with Crippen molar-refractivity contribution in [3.05, 3.63) is 17.9 Å². The van der Waals surface area contributed by atoms with Gasteiger partial charge in [-0.2, -0.15) is 0 Å². The minimum Gasteiger partial charge on any atom is -0.447 e. The molecule has 1 aromatic heterocycles. The Kier molecular flexibility index (Phi) is 4.62. The van der Waals surface area contributed by atoms with Crippen molar-refractivity contribution < 1.29 is 17.6 Å². The molecule has 0 spiro atoms. The van der Waals surface area contributed by atoms with Gasteiger partial charge >= 0.3 is 0 Å². The molecule has 1 saturated heterocycles. The van der Waals surface area contributed by atoms with Gasteiger partial charge in [-0.15, -0.1) is 0 Å². The predicted octanol–water partition coefficient (Wildman–Crippen LogP) is 0.845. The molecule has 1 aliphatic heterocycles. The lowest BCUT2D eigenvalue weighted by molar-refractivity contribution is 0.0901. The minimum atomic E-state index is -3.62. The summed E-state index contributed by atoms with van der Waals surface area (Å²) in [5.74, 6) is 0.590. The average molecular weight is 288 g/mol. The molecule has 1 fully saturated rings. The fraction of sp³-hybridized carbons (Fsp3) is 0.667. The molecule has 19 heavy (non-hydrogen) atoms. The summed E-state index contributed by atoms with van der Waals surface area (Å²) < 4.78 is 37.6. The lowest BCUT2D eigenvalue weighted by Crippen LogP contribution is -2.40. The van der Waals surface area contributed by atoms with E-state index in [1.54, 1.807) is 13.1 Å². The molecular formula is C12H20N2O4S. The Hall–Kier alpha value is -0.890. The van der Waals surface area contributed by atoms with E-state index in [2.05, 4.69) is 10.0 Å². The Bertz CT molecular complexity index is 506. The van der Waals surface area contributed by atoms with Gasteiger partial charge < -0.3 is 14.5 Å². The van der Waals surface area contributed by atoms with E-state index in [1.165, 1.54) is 6.07 Å². The van der Waals surface area contributed by atoms with Gasteiger partial charge in [0.2, 0.25) is 5.09 Å². The first-order valence-corrected chi connectivity index (χ1v) is 7.88. The number of furan rings is 1. The molecule has 7 heteroatoms. The standard InChI is InChI=1S/C12H20N2O4S/c1-9(11-4-3-7-17-11)14-19(15,16)12-6-5-10(18-12)8-13-2/h5-6,9,11,13-14H,3-4,7-8H2,1-2H3. The van der Waals surface area contributed by atoms with E-state index in [1.807, 2.05) is 6.92 Å². The Labute approximate surface area is 113 Å². The SMILES string of the molecule is CNCc1ccc(S(=O)(=O)NC(C)C2CCCO2)o1. The zero-order valence-corrected chi connectivity index (χ0v) is 12.0. The molecule has 108 valence electrons. The molecule has 1 aromatic rings. The summed E-state index contributed by atoms with van der Waals surface area (Å²) in [4.78, 5) is 0. The first-order chi connectivity index (χ1) is 9.03. The third-order valence-corrected chi connectivity index (χ3v) is 4.55. The van der Waals surface area contributed by atoms with Gasteiger partial charge in [-0.05, 0) is 38.9 Å². The van der Waals surface area contributed by atoms with Crippen LogP contribution in [0.3, 0.4) is 0 Å². The highest BCUT2D eigenvalue weighted by Crippen LogP contribution is 2.19. The molecule has 0 aromatic carbocycles. The van der Waals surface area contributed by atoms with Crippen molar-refractivity contribution in [3.63, 3.8) is 0 Å². The van der Waals surface area contributed by atoms with Gasteiger partial charge in [-0.3, -0.25) is 0 Å². The van der Waals surface area contributed by atoms with Crippen LogP contribution in [0.25, 0.3) is 0 Å². The molecule has 0 aliphatic carbocycles. The predicted molar refractivity (Wildman–Crippen MR) is 70.2 cm³/mol. The van der Waals surface area contributed by atoms with Crippen molar-refractivity contribution in [1.29, 1.82) is 0 Å². The van der Waals surface area contributed by atoms with Crippen molar-refractivity contribution in [2.24, 2.45) is 0 Å². The van der Waals surface area contributed by atoms with E-state index < -0.39 is 10.0 Å². The quantitative estimate of drug-likeness (QED) is 0.811. The van der Waals surface area contributed by atoms with Crippen LogP contribution in [0.5, 0.6) is 0 Å². The monoisotopic (exact) mass is 288 g/mol. The first-order valence-electron chi connectivity index (χ1n) is 6.40. The lowest BCUT2D eigenvalue weighted by atomic mass is 10.1. The zero-order chi connectivity index (χ0) is 13.9. The van der Waals surface area contributed by atoms with Gasteiger partial charge in [-0.25, -0.2) is 13.1 Å². The Morgan fingerprint density at radius 1 is 1.47 bits per heavy atom. The zero-order valence-electron chi connectivity index (χ0n) is 11.2. The second-order valence-electron chi connectivity index (χ2n) is 4.71. The average Bonchev–Trinajstić information content (AvgIpc) is 2.99. The highest BCUT2D eigenvalue weighted by atomic mass is 32.2. The molecule has 6 nitrogen and oxygen atoms in total. The fourth-order valence-corrected chi connectivity index (χ4v) is 3.37. The largest absolute Gasteiger partial charge is 0.447 e. The molecule has 2 rings (SSSR count). The number of nitrogens with one attached hydrogen (secondary N) is 2. The molecule has 1 aliphatic rings. The van der Waals surface area contributed by atoms with Gasteiger partial charge in [-0.1, -0.05) is 0 Å². The summed E-state index contributed by atoms with van der Waals surface area (Å²) in [7, 11) is -1.85. The second-order valence-corrected chi connectivity index (χ2v) is 6.36. The highest BCUT2D eigenvalue weighted by molar-refractivity contribution is 7.89. The van der Waals surface area contributed by atoms with Crippen LogP contribution in [0.2, 0.25) is 0 Å². The topological polar surface area (TPSA) is 80.6 Å². The maximum Gasteiger partial charge on any atom is 0.274 e. The van der Waals surface area contributed by atoms with Gasteiger partial charge in [0.1, 0.15) is 5.76 Å². The second kappa shape index (κ2) is 6.04. The Morgan fingerprint density at radius 2 is 2.26 bits per heavy atom. The van der Waals surface area contributed by atoms with Crippen molar-refractivity contribution in [1.82, 2.24) is 10.0 Å². The number of rotatable bonds is 6. The molecule has 0 bridgehead atoms. The van der Waals surface area contributed by atoms with E-state index in [4.69, 9.17) is 9.15 Å². The lowest BCUT2D eigenvalue weighted by Gasteiger charge is -2.19. The number of hydrogen-bond donors (Lipinski definition) is 2. The van der Waals surface area contributed by atoms with E-state index in [0.717, 1.165) is 12.8 Å². The number of ether oxygens (including phenoxy) is 1. The first kappa shape index (κ1) is 14.5. The summed E-state index contributed by atoms with van der Waals surface area (Å²) in [6.07, 6.45) is 1.80. The molecule has 2 atom stereocenters. The van der Waals surface area contributed by atoms with E-state index in [0.29, 0.717) is 18.9 Å². The third kappa shape index (κ3) is 3.56. The Morgan fingerprint density at radius 3 is 2.89 bits per heavy atom. The number of hydrogen-bond acceptors (Lipinski definition) is 5. The summed E-state index contributed by atoms with van der Waals surface area (Å²) in [5.41, 5.74) is 0. The third-order valence-electron chi connectivity index (χ3n) is 3.12. The van der Waals surface area contributed by atoms with Crippen LogP contribution in [0.4, 0.5) is 0 Å². The van der Waals surface area contributed by atoms with E-state index >= 15 is 0 Å². The van der Waals surface area contributed by atoms with Gasteiger partial charge in [0, 0.05) is 12.6 Å². The molecule has 0 amide bonds. The Balaban J connectivity index is 2.03. The molecule has 0 saturated carbocycles. The smallest absolute Gasteiger partial charge is 0.274 e. The van der Waals surface area contributed by atoms with Crippen molar-refractivity contribution in [2.45, 2.75) is 43.5 Å². The van der Waals surface area contributed by atoms with Crippen LogP contribution < -0.4 is 10.0 Å². The van der Waals surface area contributed by atoms with Crippen molar-refractivity contribution in [3.8, 4) is 0 Å². The van der Waals surface area contributed by atoms with Crippen molar-refractivity contribution >= 4 is 10.0 Å². The summed E-state index contributed by atoms with van der Waals surface area (Å²) >= 11 is 0. The molecule has 2 heterocycles. The normalized spacial score (nSPS) is 21.7. The molecular weight excluding hydrogens is 268 g/mol. The van der Waals surface area contributed by atoms with Gasteiger partial charge in [0.25, 0.3) is 10.0 Å². The van der Waals surface area contributed by atoms with Gasteiger partial charge in [0.15, 0.2) is 0 Å². The van der Waals surface area contributed by atoms with Crippen LogP contribution in [0.15, 0.2) is 21.6 Å². The highest BCUT2D eigenvalue weighted by Gasteiger charge is 2.28. The van der Waals surface area contributed by atoms with E-state index in [-0.39, 0.29) is 17.2 Å². The summed E-state index contributed by atoms with van der Waals surface area (Å²) in [5, 5.41) is 2.85. The van der Waals surface area contributed by atoms with Crippen LogP contribution >= 0.6 is 0 Å². The van der Waals surface area contributed by atoms with Crippen LogP contribution in [0.1, 0.15) is 25.5 Å². The maximum atomic E-state index is 12.1. The molecule has 2 N–H and O–H groups in total. The van der Waals surface area contributed by atoms with Crippen LogP contribution in [0, 0.1) is 0 Å². The molecule has 0 radical (unpaired) electrons.